The van der Waals surface area contributed by atoms with E-state index in [-0.39, 0.29) is 30.3 Å². The molecule has 0 radical (unpaired) electrons. The van der Waals surface area contributed by atoms with E-state index in [0.717, 1.165) is 50.5 Å². The van der Waals surface area contributed by atoms with Crippen LogP contribution in [0.4, 0.5) is 10.1 Å². The number of allylic oxidation sites excluding steroid dienone is 1. The summed E-state index contributed by atoms with van der Waals surface area (Å²) in [6.07, 6.45) is 9.56. The Morgan fingerprint density at radius 3 is 2.38 bits per heavy atom. The van der Waals surface area contributed by atoms with Gasteiger partial charge in [-0.3, -0.25) is 9.59 Å². The van der Waals surface area contributed by atoms with Gasteiger partial charge in [-0.15, -0.1) is 0 Å². The fourth-order valence-corrected chi connectivity index (χ4v) is 6.41. The lowest BCUT2D eigenvalue weighted by atomic mass is 9.78. The summed E-state index contributed by atoms with van der Waals surface area (Å²) in [6.45, 7) is 0.794. The quantitative estimate of drug-likeness (QED) is 0.243. The molecule has 9 heteroatoms. The van der Waals surface area contributed by atoms with E-state index in [4.69, 9.17) is 15.2 Å². The number of alkyl halides is 1. The first-order valence-electron chi connectivity index (χ1n) is 14.8. The van der Waals surface area contributed by atoms with Gasteiger partial charge in [0.2, 0.25) is 5.91 Å². The minimum Gasteiger partial charge on any atom is -0.462 e. The number of anilines is 1. The number of nitrogens with zero attached hydrogens (tertiary/aromatic N) is 1. The van der Waals surface area contributed by atoms with E-state index in [1.807, 2.05) is 0 Å². The summed E-state index contributed by atoms with van der Waals surface area (Å²) < 4.78 is 23.3. The first-order valence-corrected chi connectivity index (χ1v) is 14.8. The average molecular weight is 558 g/mol. The van der Waals surface area contributed by atoms with E-state index in [0.29, 0.717) is 43.7 Å². The minimum atomic E-state index is -0.628. The van der Waals surface area contributed by atoms with Crippen molar-refractivity contribution in [3.05, 3.63) is 41.0 Å². The van der Waals surface area contributed by atoms with Gasteiger partial charge in [0.25, 0.3) is 5.91 Å². The molecule has 220 valence electrons. The van der Waals surface area contributed by atoms with E-state index in [9.17, 15) is 18.8 Å². The number of hydrogen-bond acceptors (Lipinski definition) is 6. The van der Waals surface area contributed by atoms with Crippen LogP contribution in [-0.2, 0) is 19.1 Å². The summed E-state index contributed by atoms with van der Waals surface area (Å²) in [7, 11) is 1.60. The number of nitrogens with two attached hydrogens (primary N) is 1. The van der Waals surface area contributed by atoms with Crippen LogP contribution in [0.2, 0.25) is 0 Å². The van der Waals surface area contributed by atoms with Crippen molar-refractivity contribution < 1.29 is 28.2 Å². The molecule has 2 atom stereocenters. The van der Waals surface area contributed by atoms with Gasteiger partial charge in [-0.05, 0) is 93.5 Å². The highest BCUT2D eigenvalue weighted by Crippen LogP contribution is 2.38. The lowest BCUT2D eigenvalue weighted by Crippen LogP contribution is -2.47. The van der Waals surface area contributed by atoms with Crippen LogP contribution in [0.5, 0.6) is 0 Å². The number of ether oxygens (including phenoxy) is 2. The van der Waals surface area contributed by atoms with Gasteiger partial charge in [-0.1, -0.05) is 12.0 Å². The van der Waals surface area contributed by atoms with E-state index >= 15 is 0 Å². The molecule has 3 fully saturated rings. The summed E-state index contributed by atoms with van der Waals surface area (Å²) in [5, 5.41) is 3.00. The Morgan fingerprint density at radius 2 is 1.73 bits per heavy atom. The van der Waals surface area contributed by atoms with E-state index in [2.05, 4.69) is 5.32 Å². The van der Waals surface area contributed by atoms with Crippen LogP contribution in [0.1, 0.15) is 81.0 Å². The fourth-order valence-electron chi connectivity index (χ4n) is 6.41. The number of likely N-dealkylation sites (tertiary alicyclic amines) is 1. The number of carbonyl (C=O) groups is 3. The average Bonchev–Trinajstić information content (AvgIpc) is 3.45. The summed E-state index contributed by atoms with van der Waals surface area (Å²) in [6, 6.07) is 5.55. The van der Waals surface area contributed by atoms with Crippen LogP contribution in [-0.4, -0.2) is 68.3 Å². The topological polar surface area (TPSA) is 111 Å². The molecule has 2 saturated carbocycles. The molecule has 1 aliphatic heterocycles. The van der Waals surface area contributed by atoms with Crippen molar-refractivity contribution in [2.75, 3.05) is 38.9 Å². The summed E-state index contributed by atoms with van der Waals surface area (Å²) in [4.78, 5) is 41.6. The van der Waals surface area contributed by atoms with Crippen LogP contribution >= 0.6 is 0 Å². The molecule has 4 rings (SSSR count). The molecule has 1 aromatic rings. The zero-order chi connectivity index (χ0) is 28.5. The minimum absolute atomic E-state index is 0.0189. The van der Waals surface area contributed by atoms with Crippen molar-refractivity contribution in [1.82, 2.24) is 4.90 Å². The third-order valence-corrected chi connectivity index (χ3v) is 8.73. The second kappa shape index (κ2) is 14.7. The zero-order valence-corrected chi connectivity index (χ0v) is 23.7. The first-order chi connectivity index (χ1) is 19.4. The zero-order valence-electron chi connectivity index (χ0n) is 23.7. The maximum absolute atomic E-state index is 13.8. The third kappa shape index (κ3) is 7.49. The molecule has 3 aliphatic rings. The lowest BCUT2D eigenvalue weighted by molar-refractivity contribution is -0.140. The third-order valence-electron chi connectivity index (χ3n) is 8.73. The molecular weight excluding hydrogens is 513 g/mol. The maximum Gasteiger partial charge on any atom is 0.338 e. The highest BCUT2D eigenvalue weighted by molar-refractivity contribution is 6.00. The normalized spacial score (nSPS) is 24.1. The van der Waals surface area contributed by atoms with Gasteiger partial charge in [-0.2, -0.15) is 0 Å². The second-order valence-corrected chi connectivity index (χ2v) is 11.4. The largest absolute Gasteiger partial charge is 0.462 e. The Hall–Kier alpha value is -2.78. The van der Waals surface area contributed by atoms with Crippen LogP contribution < -0.4 is 11.1 Å². The molecule has 2 amide bonds. The number of rotatable bonds is 10. The standard InChI is InChI=1S/C31H44FN3O5/c1-39-18-5-19-40-31(38)24-12-14-25(15-13-24)34-29(36)28-26(21-6-3-2-4-7-21)16-17-35(28)30(37)23-10-8-22(9-11-23)27(33)20-32/h12-15,22-23,27-28H,2-11,16-20,33H2,1H3,(H,34,36)/t22?,23?,27-,28+/m1/s1. The Labute approximate surface area is 236 Å². The molecular formula is C31H44FN3O5. The molecule has 40 heavy (non-hydrogen) atoms. The van der Waals surface area contributed by atoms with Gasteiger partial charge in [0.15, 0.2) is 0 Å². The molecule has 3 N–H and O–H groups in total. The van der Waals surface area contributed by atoms with Crippen molar-refractivity contribution in [3.63, 3.8) is 0 Å². The number of halogens is 1. The van der Waals surface area contributed by atoms with E-state index in [1.165, 1.54) is 12.0 Å². The predicted octanol–water partition coefficient (Wildman–Crippen LogP) is 4.78. The number of nitrogens with one attached hydrogen (secondary N) is 1. The molecule has 1 aromatic carbocycles. The van der Waals surface area contributed by atoms with Crippen molar-refractivity contribution >= 4 is 23.5 Å². The number of hydrogen-bond donors (Lipinski definition) is 2. The number of benzene rings is 1. The Kier molecular flexibility index (Phi) is 11.1. The first kappa shape index (κ1) is 30.2. The van der Waals surface area contributed by atoms with Gasteiger partial charge in [0.1, 0.15) is 12.7 Å². The van der Waals surface area contributed by atoms with Crippen molar-refractivity contribution in [3.8, 4) is 0 Å². The van der Waals surface area contributed by atoms with Crippen LogP contribution in [0.25, 0.3) is 0 Å². The summed E-state index contributed by atoms with van der Waals surface area (Å²) in [5.74, 6) is -0.680. The van der Waals surface area contributed by atoms with E-state index in [1.54, 1.807) is 36.3 Å². The van der Waals surface area contributed by atoms with E-state index < -0.39 is 24.7 Å². The van der Waals surface area contributed by atoms with Gasteiger partial charge in [0, 0.05) is 44.3 Å². The van der Waals surface area contributed by atoms with Gasteiger partial charge >= 0.3 is 5.97 Å². The summed E-state index contributed by atoms with van der Waals surface area (Å²) >= 11 is 0. The molecule has 1 saturated heterocycles. The number of esters is 1. The van der Waals surface area contributed by atoms with Gasteiger partial charge in [-0.25, -0.2) is 9.18 Å². The lowest BCUT2D eigenvalue weighted by Gasteiger charge is -2.34. The smallest absolute Gasteiger partial charge is 0.338 e. The number of amides is 2. The van der Waals surface area contributed by atoms with Crippen LogP contribution in [0.3, 0.4) is 0 Å². The molecule has 0 bridgehead atoms. The van der Waals surface area contributed by atoms with Crippen molar-refractivity contribution in [1.29, 1.82) is 0 Å². The Bertz CT molecular complexity index is 1040. The van der Waals surface area contributed by atoms with Gasteiger partial charge in [0.05, 0.1) is 12.2 Å². The molecule has 8 nitrogen and oxygen atoms in total. The predicted molar refractivity (Wildman–Crippen MR) is 151 cm³/mol. The second-order valence-electron chi connectivity index (χ2n) is 11.4. The van der Waals surface area contributed by atoms with Crippen molar-refractivity contribution in [2.45, 2.75) is 82.7 Å². The molecule has 0 unspecified atom stereocenters. The van der Waals surface area contributed by atoms with Gasteiger partial charge < -0.3 is 25.4 Å². The Balaban J connectivity index is 1.45. The SMILES string of the molecule is COCCCOC(=O)c1ccc(NC(=O)[C@@H]2C(=C3CCCCC3)CCN2C(=O)C2CCC([C@H](N)CF)CC2)cc1. The van der Waals surface area contributed by atoms with Crippen LogP contribution in [0, 0.1) is 11.8 Å². The number of carbonyl (C=O) groups excluding carboxylic acids is 3. The highest BCUT2D eigenvalue weighted by atomic mass is 19.1. The number of methoxy groups -OCH3 is 1. The Morgan fingerprint density at radius 1 is 1.02 bits per heavy atom. The van der Waals surface area contributed by atoms with Crippen molar-refractivity contribution in [2.24, 2.45) is 17.6 Å². The monoisotopic (exact) mass is 557 g/mol. The molecule has 1 heterocycles. The highest BCUT2D eigenvalue weighted by Gasteiger charge is 2.42. The maximum atomic E-state index is 13.8. The molecule has 2 aliphatic carbocycles. The van der Waals surface area contributed by atoms with Crippen LogP contribution in [0.15, 0.2) is 35.4 Å². The molecule has 0 aromatic heterocycles. The summed E-state index contributed by atoms with van der Waals surface area (Å²) in [5.41, 5.74) is 9.31. The molecule has 0 spiro atoms. The fraction of sp³-hybridized carbons (Fsp3) is 0.645.